The molecule has 0 spiro atoms. The second-order valence-corrected chi connectivity index (χ2v) is 7.89. The number of hydrogen-bond acceptors (Lipinski definition) is 4. The summed E-state index contributed by atoms with van der Waals surface area (Å²) in [6, 6.07) is 13.6. The van der Waals surface area contributed by atoms with Gasteiger partial charge >= 0.3 is 5.97 Å². The molecule has 1 aliphatic carbocycles. The Morgan fingerprint density at radius 3 is 2.37 bits per heavy atom. The fourth-order valence-corrected chi connectivity index (χ4v) is 4.40. The van der Waals surface area contributed by atoms with E-state index < -0.39 is 29.1 Å². The van der Waals surface area contributed by atoms with Gasteiger partial charge in [-0.15, -0.1) is 0 Å². The molecule has 138 valence electrons. The molecule has 4 rings (SSSR count). The van der Waals surface area contributed by atoms with Crippen LogP contribution in [0.4, 0.5) is 5.69 Å². The molecule has 0 radical (unpaired) electrons. The van der Waals surface area contributed by atoms with Crippen molar-refractivity contribution in [1.29, 1.82) is 0 Å². The highest BCUT2D eigenvalue weighted by Gasteiger charge is 2.83. The molecule has 1 aliphatic heterocycles. The third-order valence-electron chi connectivity index (χ3n) is 5.20. The minimum Gasteiger partial charge on any atom is -0.466 e. The fraction of sp³-hybridized carbons (Fsp3) is 0.250. The Morgan fingerprint density at radius 1 is 1.15 bits per heavy atom. The van der Waals surface area contributed by atoms with Gasteiger partial charge in [-0.3, -0.25) is 14.4 Å². The summed E-state index contributed by atoms with van der Waals surface area (Å²) in [6.45, 7) is 1.89. The van der Waals surface area contributed by atoms with E-state index in [-0.39, 0.29) is 12.5 Å². The van der Waals surface area contributed by atoms with Crippen LogP contribution in [-0.2, 0) is 24.5 Å². The molecule has 0 N–H and O–H groups in total. The fourth-order valence-electron chi connectivity index (χ4n) is 4.01. The van der Waals surface area contributed by atoms with Crippen LogP contribution in [0, 0.1) is 11.8 Å². The number of piperidine rings is 1. The molecule has 1 saturated heterocycles. The van der Waals surface area contributed by atoms with Crippen LogP contribution >= 0.6 is 27.5 Å². The Morgan fingerprint density at radius 2 is 1.78 bits per heavy atom. The summed E-state index contributed by atoms with van der Waals surface area (Å²) in [5.41, 5.74) is -0.134. The number of imide groups is 1. The Hall–Kier alpha value is -2.18. The number of fused-ring (bicyclic) bond motifs is 1. The third-order valence-corrected chi connectivity index (χ3v) is 5.98. The second-order valence-electron chi connectivity index (χ2n) is 6.54. The molecular weight excluding hydrogens is 434 g/mol. The topological polar surface area (TPSA) is 63.7 Å². The van der Waals surface area contributed by atoms with Crippen LogP contribution in [0.15, 0.2) is 53.0 Å². The van der Waals surface area contributed by atoms with Gasteiger partial charge in [0.25, 0.3) is 0 Å². The summed E-state index contributed by atoms with van der Waals surface area (Å²) in [6.07, 6.45) is 0. The summed E-state index contributed by atoms with van der Waals surface area (Å²) in [5, 5.41) is 0.515. The van der Waals surface area contributed by atoms with Gasteiger partial charge in [-0.1, -0.05) is 39.7 Å². The van der Waals surface area contributed by atoms with Crippen molar-refractivity contribution in [1.82, 2.24) is 0 Å². The zero-order chi connectivity index (χ0) is 19.3. The summed E-state index contributed by atoms with van der Waals surface area (Å²) in [5.74, 6) is -2.86. The standard InChI is InChI=1S/C20H15BrClNO4/c1-2-27-18(25)16-15-17(24)23(14-9-5-12(21)6-10-14)19(26)20(15,16)11-3-7-13(22)8-4-11/h3-10,15-16H,2H2,1H3/t15-,16-,20+/m0/s1. The number of esters is 1. The van der Waals surface area contributed by atoms with Crippen molar-refractivity contribution in [3.05, 3.63) is 63.6 Å². The van der Waals surface area contributed by atoms with Gasteiger partial charge < -0.3 is 4.74 Å². The Bertz CT molecular complexity index is 943. The van der Waals surface area contributed by atoms with E-state index in [2.05, 4.69) is 15.9 Å². The molecule has 1 heterocycles. The molecular formula is C20H15BrClNO4. The smallest absolute Gasteiger partial charge is 0.311 e. The minimum absolute atomic E-state index is 0.192. The van der Waals surface area contributed by atoms with E-state index in [0.29, 0.717) is 16.3 Å². The number of anilines is 1. The van der Waals surface area contributed by atoms with Crippen molar-refractivity contribution in [2.75, 3.05) is 11.5 Å². The summed E-state index contributed by atoms with van der Waals surface area (Å²) in [7, 11) is 0. The van der Waals surface area contributed by atoms with E-state index >= 15 is 0 Å². The van der Waals surface area contributed by atoms with Crippen LogP contribution in [0.5, 0.6) is 0 Å². The Balaban J connectivity index is 1.80. The molecule has 3 atom stereocenters. The highest BCUT2D eigenvalue weighted by molar-refractivity contribution is 9.10. The zero-order valence-corrected chi connectivity index (χ0v) is 16.7. The van der Waals surface area contributed by atoms with Crippen molar-refractivity contribution >= 4 is 51.0 Å². The molecule has 0 aromatic heterocycles. The van der Waals surface area contributed by atoms with Gasteiger partial charge in [-0.25, -0.2) is 4.90 Å². The number of rotatable bonds is 4. The Labute approximate surface area is 169 Å². The minimum atomic E-state index is -1.22. The molecule has 2 amide bonds. The molecule has 5 nitrogen and oxygen atoms in total. The lowest BCUT2D eigenvalue weighted by atomic mass is 9.91. The quantitative estimate of drug-likeness (QED) is 0.528. The lowest BCUT2D eigenvalue weighted by Gasteiger charge is -2.22. The van der Waals surface area contributed by atoms with Gasteiger partial charge in [0.05, 0.1) is 24.1 Å². The maximum atomic E-state index is 13.4. The number of carbonyl (C=O) groups excluding carboxylic acids is 3. The van der Waals surface area contributed by atoms with E-state index in [4.69, 9.17) is 16.3 Å². The first-order chi connectivity index (χ1) is 12.9. The Kier molecular flexibility index (Phi) is 4.35. The van der Waals surface area contributed by atoms with Crippen LogP contribution < -0.4 is 4.90 Å². The molecule has 7 heteroatoms. The maximum absolute atomic E-state index is 13.4. The van der Waals surface area contributed by atoms with Crippen LogP contribution in [0.1, 0.15) is 12.5 Å². The van der Waals surface area contributed by atoms with Crippen LogP contribution in [0.2, 0.25) is 5.02 Å². The summed E-state index contributed by atoms with van der Waals surface area (Å²) < 4.78 is 5.97. The average molecular weight is 449 g/mol. The highest BCUT2D eigenvalue weighted by atomic mass is 79.9. The SMILES string of the molecule is CCOC(=O)[C@@H]1[C@H]2C(=O)N(c3ccc(Br)cc3)C(=O)[C@@]12c1ccc(Cl)cc1. The molecule has 0 unspecified atom stereocenters. The predicted molar refractivity (Wildman–Crippen MR) is 103 cm³/mol. The molecule has 2 fully saturated rings. The van der Waals surface area contributed by atoms with Gasteiger partial charge in [0, 0.05) is 9.50 Å². The lowest BCUT2D eigenvalue weighted by molar-refractivity contribution is -0.147. The van der Waals surface area contributed by atoms with E-state index in [1.165, 1.54) is 4.90 Å². The third kappa shape index (κ3) is 2.54. The monoisotopic (exact) mass is 447 g/mol. The van der Waals surface area contributed by atoms with Crippen molar-refractivity contribution in [3.8, 4) is 0 Å². The van der Waals surface area contributed by atoms with Gasteiger partial charge in [0.1, 0.15) is 5.41 Å². The maximum Gasteiger partial charge on any atom is 0.311 e. The van der Waals surface area contributed by atoms with Crippen molar-refractivity contribution in [2.45, 2.75) is 12.3 Å². The first-order valence-corrected chi connectivity index (χ1v) is 9.66. The normalized spacial score (nSPS) is 26.1. The average Bonchev–Trinajstić information content (AvgIpc) is 3.29. The number of benzene rings is 2. The number of halogens is 2. The van der Waals surface area contributed by atoms with E-state index in [1.807, 2.05) is 0 Å². The van der Waals surface area contributed by atoms with Crippen molar-refractivity contribution in [2.24, 2.45) is 11.8 Å². The number of carbonyl (C=O) groups is 3. The van der Waals surface area contributed by atoms with E-state index in [0.717, 1.165) is 4.47 Å². The van der Waals surface area contributed by atoms with Crippen LogP contribution in [-0.4, -0.2) is 24.4 Å². The number of ether oxygens (including phenoxy) is 1. The number of hydrogen-bond donors (Lipinski definition) is 0. The van der Waals surface area contributed by atoms with E-state index in [1.54, 1.807) is 55.5 Å². The van der Waals surface area contributed by atoms with Gasteiger partial charge in [-0.05, 0) is 48.9 Å². The second kappa shape index (κ2) is 6.46. The molecule has 2 aliphatic rings. The summed E-state index contributed by atoms with van der Waals surface area (Å²) in [4.78, 5) is 40.1. The lowest BCUT2D eigenvalue weighted by Crippen LogP contribution is -2.40. The molecule has 27 heavy (non-hydrogen) atoms. The van der Waals surface area contributed by atoms with Gasteiger partial charge in [0.15, 0.2) is 0 Å². The summed E-state index contributed by atoms with van der Waals surface area (Å²) >= 11 is 9.31. The zero-order valence-electron chi connectivity index (χ0n) is 14.3. The van der Waals surface area contributed by atoms with Crippen molar-refractivity contribution in [3.63, 3.8) is 0 Å². The molecule has 0 bridgehead atoms. The predicted octanol–water partition coefficient (Wildman–Crippen LogP) is 3.72. The highest BCUT2D eigenvalue weighted by Crippen LogP contribution is 2.66. The molecule has 2 aromatic rings. The van der Waals surface area contributed by atoms with Crippen LogP contribution in [0.25, 0.3) is 0 Å². The first-order valence-electron chi connectivity index (χ1n) is 8.49. The number of amides is 2. The molecule has 2 aromatic carbocycles. The van der Waals surface area contributed by atoms with Crippen molar-refractivity contribution < 1.29 is 19.1 Å². The number of nitrogens with zero attached hydrogens (tertiary/aromatic N) is 1. The van der Waals surface area contributed by atoms with E-state index in [9.17, 15) is 14.4 Å². The van der Waals surface area contributed by atoms with Gasteiger partial charge in [0.2, 0.25) is 11.8 Å². The van der Waals surface area contributed by atoms with Gasteiger partial charge in [-0.2, -0.15) is 0 Å². The largest absolute Gasteiger partial charge is 0.466 e. The first kappa shape index (κ1) is 18.2. The van der Waals surface area contributed by atoms with Crippen LogP contribution in [0.3, 0.4) is 0 Å². The molecule has 1 saturated carbocycles.